The van der Waals surface area contributed by atoms with Gasteiger partial charge in [0.1, 0.15) is 5.58 Å². The molecule has 1 amide bonds. The second-order valence-corrected chi connectivity index (χ2v) is 6.46. The van der Waals surface area contributed by atoms with Crippen LogP contribution in [0.1, 0.15) is 10.6 Å². The fourth-order valence-corrected chi connectivity index (χ4v) is 3.17. The predicted octanol–water partition coefficient (Wildman–Crippen LogP) is 5.52. The van der Waals surface area contributed by atoms with Crippen LogP contribution >= 0.6 is 47.0 Å². The van der Waals surface area contributed by atoms with E-state index in [1.807, 2.05) is 18.2 Å². The minimum Gasteiger partial charge on any atom is -0.451 e. The molecular formula is C16H9Cl3N2O2S. The van der Waals surface area contributed by atoms with Gasteiger partial charge < -0.3 is 9.73 Å². The Hall–Kier alpha value is -1.79. The van der Waals surface area contributed by atoms with Gasteiger partial charge in [-0.05, 0) is 36.5 Å². The van der Waals surface area contributed by atoms with E-state index in [-0.39, 0.29) is 20.9 Å². The number of hydrogen-bond acceptors (Lipinski definition) is 3. The van der Waals surface area contributed by atoms with Crippen LogP contribution in [0.25, 0.3) is 11.0 Å². The van der Waals surface area contributed by atoms with Gasteiger partial charge in [0.05, 0.1) is 15.7 Å². The standard InChI is InChI=1S/C16H9Cl3N2O2S/c17-9-6-10(18)14(11(19)7-9)20-16(24)21-15(22)13-5-8-3-1-2-4-12(8)23-13/h1-7H,(H2,20,21,22,24). The first-order valence-electron chi connectivity index (χ1n) is 6.69. The Kier molecular flexibility index (Phi) is 4.96. The van der Waals surface area contributed by atoms with E-state index in [1.54, 1.807) is 12.1 Å². The Morgan fingerprint density at radius 3 is 2.38 bits per heavy atom. The molecule has 0 spiro atoms. The molecule has 0 atom stereocenters. The van der Waals surface area contributed by atoms with Crippen molar-refractivity contribution in [2.45, 2.75) is 0 Å². The van der Waals surface area contributed by atoms with Gasteiger partial charge in [-0.3, -0.25) is 10.1 Å². The Bertz CT molecular complexity index is 899. The number of benzene rings is 2. The van der Waals surface area contributed by atoms with Crippen LogP contribution in [0.4, 0.5) is 5.69 Å². The zero-order valence-electron chi connectivity index (χ0n) is 11.9. The van der Waals surface area contributed by atoms with E-state index in [2.05, 4.69) is 10.6 Å². The van der Waals surface area contributed by atoms with Crippen LogP contribution in [-0.2, 0) is 0 Å². The summed E-state index contributed by atoms with van der Waals surface area (Å²) in [5.74, 6) is -0.335. The van der Waals surface area contributed by atoms with E-state index in [4.69, 9.17) is 51.4 Å². The molecule has 0 saturated heterocycles. The van der Waals surface area contributed by atoms with Crippen molar-refractivity contribution in [3.8, 4) is 0 Å². The number of halogens is 3. The van der Waals surface area contributed by atoms with E-state index in [1.165, 1.54) is 12.1 Å². The lowest BCUT2D eigenvalue weighted by molar-refractivity contribution is 0.0953. The van der Waals surface area contributed by atoms with Gasteiger partial charge in [-0.15, -0.1) is 0 Å². The molecular weight excluding hydrogens is 391 g/mol. The van der Waals surface area contributed by atoms with Crippen LogP contribution < -0.4 is 10.6 Å². The van der Waals surface area contributed by atoms with Gasteiger partial charge in [-0.2, -0.15) is 0 Å². The van der Waals surface area contributed by atoms with Gasteiger partial charge in [0.15, 0.2) is 10.9 Å². The van der Waals surface area contributed by atoms with Crippen molar-refractivity contribution in [2.24, 2.45) is 0 Å². The first-order chi connectivity index (χ1) is 11.4. The van der Waals surface area contributed by atoms with E-state index in [9.17, 15) is 4.79 Å². The molecule has 1 heterocycles. The second kappa shape index (κ2) is 6.99. The zero-order valence-corrected chi connectivity index (χ0v) is 15.0. The maximum absolute atomic E-state index is 12.2. The lowest BCUT2D eigenvalue weighted by Crippen LogP contribution is -2.34. The van der Waals surface area contributed by atoms with Crippen molar-refractivity contribution in [1.82, 2.24) is 5.32 Å². The summed E-state index contributed by atoms with van der Waals surface area (Å²) in [6.45, 7) is 0. The van der Waals surface area contributed by atoms with Gasteiger partial charge in [0.25, 0.3) is 5.91 Å². The summed E-state index contributed by atoms with van der Waals surface area (Å²) < 4.78 is 5.48. The highest BCUT2D eigenvalue weighted by Gasteiger charge is 2.15. The highest BCUT2D eigenvalue weighted by atomic mass is 35.5. The summed E-state index contributed by atoms with van der Waals surface area (Å²) in [5, 5.41) is 7.11. The summed E-state index contributed by atoms with van der Waals surface area (Å²) in [5.41, 5.74) is 0.975. The molecule has 3 rings (SSSR count). The third-order valence-corrected chi connectivity index (χ3v) is 4.14. The Morgan fingerprint density at radius 2 is 1.71 bits per heavy atom. The Morgan fingerprint density at radius 1 is 1.04 bits per heavy atom. The molecule has 0 radical (unpaired) electrons. The monoisotopic (exact) mass is 398 g/mol. The highest BCUT2D eigenvalue weighted by Crippen LogP contribution is 2.33. The number of carbonyl (C=O) groups excluding carboxylic acids is 1. The topological polar surface area (TPSA) is 54.3 Å². The van der Waals surface area contributed by atoms with Crippen LogP contribution in [0.5, 0.6) is 0 Å². The number of para-hydroxylation sites is 1. The van der Waals surface area contributed by atoms with E-state index in [0.717, 1.165) is 5.39 Å². The second-order valence-electron chi connectivity index (χ2n) is 4.80. The van der Waals surface area contributed by atoms with Gasteiger partial charge in [0.2, 0.25) is 0 Å². The average Bonchev–Trinajstić information content (AvgIpc) is 2.95. The molecule has 1 aromatic heterocycles. The number of rotatable bonds is 2. The van der Waals surface area contributed by atoms with Crippen molar-refractivity contribution in [1.29, 1.82) is 0 Å². The van der Waals surface area contributed by atoms with Crippen LogP contribution in [0, 0.1) is 0 Å². The Balaban J connectivity index is 1.74. The minimum atomic E-state index is -0.482. The van der Waals surface area contributed by atoms with Crippen LogP contribution in [0.2, 0.25) is 15.1 Å². The molecule has 8 heteroatoms. The van der Waals surface area contributed by atoms with E-state index in [0.29, 0.717) is 16.3 Å². The molecule has 3 aromatic rings. The SMILES string of the molecule is O=C(NC(=S)Nc1c(Cl)cc(Cl)cc1Cl)c1cc2ccccc2o1. The fraction of sp³-hybridized carbons (Fsp3) is 0. The molecule has 0 aliphatic carbocycles. The number of anilines is 1. The third-order valence-electron chi connectivity index (χ3n) is 3.12. The molecule has 0 unspecified atom stereocenters. The molecule has 122 valence electrons. The maximum atomic E-state index is 12.2. The van der Waals surface area contributed by atoms with Crippen LogP contribution in [0.3, 0.4) is 0 Å². The van der Waals surface area contributed by atoms with E-state index < -0.39 is 5.91 Å². The lowest BCUT2D eigenvalue weighted by atomic mass is 10.2. The number of carbonyl (C=O) groups is 1. The predicted molar refractivity (Wildman–Crippen MR) is 101 cm³/mol. The van der Waals surface area contributed by atoms with Crippen LogP contribution in [-0.4, -0.2) is 11.0 Å². The summed E-state index contributed by atoms with van der Waals surface area (Å²) in [7, 11) is 0. The normalized spacial score (nSPS) is 10.6. The molecule has 0 saturated carbocycles. The summed E-state index contributed by atoms with van der Waals surface area (Å²) in [6.07, 6.45) is 0. The molecule has 4 nitrogen and oxygen atoms in total. The van der Waals surface area contributed by atoms with Crippen LogP contribution in [0.15, 0.2) is 46.9 Å². The Labute approximate surface area is 157 Å². The molecule has 0 aliphatic heterocycles. The maximum Gasteiger partial charge on any atom is 0.293 e. The number of furan rings is 1. The van der Waals surface area contributed by atoms with E-state index >= 15 is 0 Å². The molecule has 0 fully saturated rings. The smallest absolute Gasteiger partial charge is 0.293 e. The first-order valence-corrected chi connectivity index (χ1v) is 8.23. The van der Waals surface area contributed by atoms with Crippen molar-refractivity contribution in [3.63, 3.8) is 0 Å². The number of fused-ring (bicyclic) bond motifs is 1. The zero-order chi connectivity index (χ0) is 17.3. The minimum absolute atomic E-state index is 0.0339. The molecule has 2 N–H and O–H groups in total. The number of nitrogens with one attached hydrogen (secondary N) is 2. The molecule has 0 bridgehead atoms. The molecule has 2 aromatic carbocycles. The summed E-state index contributed by atoms with van der Waals surface area (Å²) >= 11 is 23.1. The van der Waals surface area contributed by atoms with Gasteiger partial charge in [-0.1, -0.05) is 53.0 Å². The number of hydrogen-bond donors (Lipinski definition) is 2. The quantitative estimate of drug-likeness (QED) is 0.557. The average molecular weight is 400 g/mol. The first kappa shape index (κ1) is 17.0. The largest absolute Gasteiger partial charge is 0.451 e. The van der Waals surface area contributed by atoms with Gasteiger partial charge in [0, 0.05) is 10.4 Å². The summed E-state index contributed by atoms with van der Waals surface area (Å²) in [4.78, 5) is 12.2. The molecule has 0 aliphatic rings. The number of amides is 1. The lowest BCUT2D eigenvalue weighted by Gasteiger charge is -2.12. The van der Waals surface area contributed by atoms with Gasteiger partial charge >= 0.3 is 0 Å². The van der Waals surface area contributed by atoms with Crippen molar-refractivity contribution >= 4 is 74.7 Å². The fourth-order valence-electron chi connectivity index (χ4n) is 2.06. The van der Waals surface area contributed by atoms with Crippen molar-refractivity contribution in [3.05, 3.63) is 63.3 Å². The highest BCUT2D eigenvalue weighted by molar-refractivity contribution is 7.80. The van der Waals surface area contributed by atoms with Crippen molar-refractivity contribution < 1.29 is 9.21 Å². The van der Waals surface area contributed by atoms with Gasteiger partial charge in [-0.25, -0.2) is 0 Å². The number of thiocarbonyl (C=S) groups is 1. The molecule has 24 heavy (non-hydrogen) atoms. The van der Waals surface area contributed by atoms with Crippen molar-refractivity contribution in [2.75, 3.05) is 5.32 Å². The summed E-state index contributed by atoms with van der Waals surface area (Å²) in [6, 6.07) is 12.0. The third kappa shape index (κ3) is 3.65.